The molecule has 8 heteroatoms. The van der Waals surface area contributed by atoms with Crippen LogP contribution in [-0.2, 0) is 4.79 Å². The van der Waals surface area contributed by atoms with Crippen molar-refractivity contribution in [3.63, 3.8) is 0 Å². The summed E-state index contributed by atoms with van der Waals surface area (Å²) >= 11 is 7.40. The van der Waals surface area contributed by atoms with Crippen molar-refractivity contribution in [3.05, 3.63) is 69.8 Å². The standard InChI is InChI=1S/C21H22ClN5OS/c1-13-8-14(2)25-21(24-13)29-12-20(28)26-23-11-17-9-15(3)27(16(17)4)19-7-5-6-18(22)10-19/h5-11H,12H2,1-4H3,(H,26,28)/b23-11+. The minimum absolute atomic E-state index is 0.196. The molecule has 29 heavy (non-hydrogen) atoms. The molecule has 0 saturated carbocycles. The van der Waals surface area contributed by atoms with Crippen molar-refractivity contribution in [2.75, 3.05) is 5.75 Å². The van der Waals surface area contributed by atoms with Crippen LogP contribution in [0.4, 0.5) is 0 Å². The van der Waals surface area contributed by atoms with Crippen LogP contribution in [-0.4, -0.2) is 32.4 Å². The Morgan fingerprint density at radius 3 is 2.59 bits per heavy atom. The van der Waals surface area contributed by atoms with Crippen LogP contribution in [0.3, 0.4) is 0 Å². The number of aromatic nitrogens is 3. The smallest absolute Gasteiger partial charge is 0.250 e. The summed E-state index contributed by atoms with van der Waals surface area (Å²) in [7, 11) is 0. The van der Waals surface area contributed by atoms with Gasteiger partial charge in [-0.15, -0.1) is 0 Å². The molecule has 0 aliphatic rings. The number of carbonyl (C=O) groups is 1. The van der Waals surface area contributed by atoms with E-state index in [1.807, 2.05) is 64.1 Å². The first-order valence-corrected chi connectivity index (χ1v) is 10.4. The van der Waals surface area contributed by atoms with Crippen molar-refractivity contribution >= 4 is 35.5 Å². The highest BCUT2D eigenvalue weighted by atomic mass is 35.5. The molecular weight excluding hydrogens is 406 g/mol. The summed E-state index contributed by atoms with van der Waals surface area (Å²) in [6, 6.07) is 11.6. The third-order valence-electron chi connectivity index (χ3n) is 4.22. The number of hydrazone groups is 1. The molecule has 1 N–H and O–H groups in total. The lowest BCUT2D eigenvalue weighted by atomic mass is 10.2. The lowest BCUT2D eigenvalue weighted by Gasteiger charge is -2.09. The van der Waals surface area contributed by atoms with Crippen LogP contribution in [0.15, 0.2) is 46.7 Å². The zero-order valence-corrected chi connectivity index (χ0v) is 18.3. The number of benzene rings is 1. The lowest BCUT2D eigenvalue weighted by molar-refractivity contribution is -0.118. The van der Waals surface area contributed by atoms with Gasteiger partial charge in [-0.2, -0.15) is 5.10 Å². The second kappa shape index (κ2) is 9.24. The topological polar surface area (TPSA) is 72.2 Å². The first-order chi connectivity index (χ1) is 13.8. The number of rotatable bonds is 6. The Bertz CT molecular complexity index is 1060. The largest absolute Gasteiger partial charge is 0.318 e. The summed E-state index contributed by atoms with van der Waals surface area (Å²) < 4.78 is 2.10. The average molecular weight is 428 g/mol. The molecule has 1 aromatic carbocycles. The predicted molar refractivity (Wildman–Crippen MR) is 118 cm³/mol. The van der Waals surface area contributed by atoms with E-state index in [1.165, 1.54) is 11.8 Å². The van der Waals surface area contributed by atoms with Gasteiger partial charge in [0.05, 0.1) is 12.0 Å². The fraction of sp³-hybridized carbons (Fsp3) is 0.238. The molecule has 0 aliphatic carbocycles. The number of nitrogens with zero attached hydrogens (tertiary/aromatic N) is 4. The summed E-state index contributed by atoms with van der Waals surface area (Å²) in [6.45, 7) is 7.83. The molecule has 0 fully saturated rings. The molecule has 2 aromatic heterocycles. The van der Waals surface area contributed by atoms with Gasteiger partial charge in [-0.25, -0.2) is 15.4 Å². The maximum absolute atomic E-state index is 12.1. The van der Waals surface area contributed by atoms with Crippen molar-refractivity contribution in [1.82, 2.24) is 20.0 Å². The third-order valence-corrected chi connectivity index (χ3v) is 5.31. The average Bonchev–Trinajstić information content (AvgIpc) is 2.93. The maximum atomic E-state index is 12.1. The van der Waals surface area contributed by atoms with Crippen LogP contribution in [0.1, 0.15) is 28.3 Å². The molecule has 0 saturated heterocycles. The SMILES string of the molecule is Cc1cc(C)nc(SCC(=O)N/N=C/c2cc(C)n(-c3cccc(Cl)c3)c2C)n1. The van der Waals surface area contributed by atoms with Gasteiger partial charge < -0.3 is 4.57 Å². The molecule has 6 nitrogen and oxygen atoms in total. The molecule has 3 aromatic rings. The molecule has 0 bridgehead atoms. The molecule has 0 spiro atoms. The van der Waals surface area contributed by atoms with Crippen LogP contribution in [0.5, 0.6) is 0 Å². The van der Waals surface area contributed by atoms with Crippen LogP contribution >= 0.6 is 23.4 Å². The molecule has 2 heterocycles. The molecular formula is C21H22ClN5OS. The Morgan fingerprint density at radius 1 is 1.17 bits per heavy atom. The number of thioether (sulfide) groups is 1. The molecule has 0 radical (unpaired) electrons. The maximum Gasteiger partial charge on any atom is 0.250 e. The fourth-order valence-corrected chi connectivity index (χ4v) is 3.95. The summed E-state index contributed by atoms with van der Waals surface area (Å²) in [6.07, 6.45) is 1.65. The van der Waals surface area contributed by atoms with Gasteiger partial charge in [0.15, 0.2) is 5.16 Å². The highest BCUT2D eigenvalue weighted by Crippen LogP contribution is 2.22. The Hall–Kier alpha value is -2.64. The van der Waals surface area contributed by atoms with Crippen molar-refractivity contribution in [2.45, 2.75) is 32.9 Å². The Kier molecular flexibility index (Phi) is 6.71. The van der Waals surface area contributed by atoms with Crippen LogP contribution in [0, 0.1) is 27.7 Å². The number of nitrogens with one attached hydrogen (secondary N) is 1. The first kappa shape index (κ1) is 21.1. The van der Waals surface area contributed by atoms with Crippen molar-refractivity contribution < 1.29 is 4.79 Å². The minimum atomic E-state index is -0.211. The van der Waals surface area contributed by atoms with Crippen molar-refractivity contribution in [2.24, 2.45) is 5.10 Å². The molecule has 3 rings (SSSR count). The molecule has 150 valence electrons. The first-order valence-electron chi connectivity index (χ1n) is 9.05. The number of carbonyl (C=O) groups excluding carboxylic acids is 1. The van der Waals surface area contributed by atoms with E-state index in [9.17, 15) is 4.79 Å². The number of amides is 1. The predicted octanol–water partition coefficient (Wildman–Crippen LogP) is 4.40. The molecule has 0 unspecified atom stereocenters. The number of hydrogen-bond donors (Lipinski definition) is 1. The number of hydrogen-bond acceptors (Lipinski definition) is 5. The summed E-state index contributed by atoms with van der Waals surface area (Å²) in [5.41, 5.74) is 8.31. The van der Waals surface area contributed by atoms with Gasteiger partial charge >= 0.3 is 0 Å². The Morgan fingerprint density at radius 2 is 1.90 bits per heavy atom. The van der Waals surface area contributed by atoms with Gasteiger partial charge in [-0.1, -0.05) is 29.4 Å². The van der Waals surface area contributed by atoms with E-state index >= 15 is 0 Å². The molecule has 0 atom stereocenters. The van der Waals surface area contributed by atoms with Gasteiger partial charge in [-0.3, -0.25) is 4.79 Å². The number of aryl methyl sites for hydroxylation is 3. The zero-order chi connectivity index (χ0) is 21.0. The third kappa shape index (κ3) is 5.46. The lowest BCUT2D eigenvalue weighted by Crippen LogP contribution is -2.19. The summed E-state index contributed by atoms with van der Waals surface area (Å²) in [5, 5.41) is 5.37. The molecule has 1 amide bonds. The number of halogens is 1. The normalized spacial score (nSPS) is 11.2. The van der Waals surface area contributed by atoms with Crippen LogP contribution in [0.2, 0.25) is 5.02 Å². The minimum Gasteiger partial charge on any atom is -0.318 e. The Labute approximate surface area is 179 Å². The van der Waals surface area contributed by atoms with Crippen LogP contribution < -0.4 is 5.43 Å². The highest BCUT2D eigenvalue weighted by molar-refractivity contribution is 7.99. The molecule has 0 aliphatic heterocycles. The zero-order valence-electron chi connectivity index (χ0n) is 16.7. The van der Waals surface area contributed by atoms with Crippen LogP contribution in [0.25, 0.3) is 5.69 Å². The van der Waals surface area contributed by atoms with E-state index in [1.54, 1.807) is 6.21 Å². The van der Waals surface area contributed by atoms with Crippen molar-refractivity contribution in [1.29, 1.82) is 0 Å². The van der Waals surface area contributed by atoms with E-state index in [2.05, 4.69) is 25.1 Å². The fourth-order valence-electron chi connectivity index (χ4n) is 3.03. The van der Waals surface area contributed by atoms with E-state index in [-0.39, 0.29) is 11.7 Å². The van der Waals surface area contributed by atoms with E-state index in [0.717, 1.165) is 34.0 Å². The quantitative estimate of drug-likeness (QED) is 0.274. The summed E-state index contributed by atoms with van der Waals surface area (Å²) in [5.74, 6) is -0.0143. The Balaban J connectivity index is 1.63. The van der Waals surface area contributed by atoms with Gasteiger partial charge in [0, 0.05) is 39.0 Å². The second-order valence-electron chi connectivity index (χ2n) is 6.66. The second-order valence-corrected chi connectivity index (χ2v) is 8.04. The van der Waals surface area contributed by atoms with Gasteiger partial charge in [0.1, 0.15) is 0 Å². The van der Waals surface area contributed by atoms with Gasteiger partial charge in [0.2, 0.25) is 0 Å². The van der Waals surface area contributed by atoms with E-state index in [4.69, 9.17) is 11.6 Å². The monoisotopic (exact) mass is 427 g/mol. The van der Waals surface area contributed by atoms with E-state index < -0.39 is 0 Å². The van der Waals surface area contributed by atoms with Gasteiger partial charge in [0.25, 0.3) is 5.91 Å². The van der Waals surface area contributed by atoms with E-state index in [0.29, 0.717) is 10.2 Å². The summed E-state index contributed by atoms with van der Waals surface area (Å²) in [4.78, 5) is 20.7. The van der Waals surface area contributed by atoms with Gasteiger partial charge in [-0.05, 0) is 58.0 Å². The highest BCUT2D eigenvalue weighted by Gasteiger charge is 2.10. The van der Waals surface area contributed by atoms with Crippen molar-refractivity contribution in [3.8, 4) is 5.69 Å².